The third-order valence-corrected chi connectivity index (χ3v) is 4.48. The number of nitrogens with one attached hydrogen (secondary N) is 1. The molecule has 0 spiro atoms. The molecule has 0 aromatic heterocycles. The lowest BCUT2D eigenvalue weighted by molar-refractivity contribution is 0.217. The van der Waals surface area contributed by atoms with E-state index in [9.17, 15) is 5.11 Å². The molecule has 18 heavy (non-hydrogen) atoms. The second kappa shape index (κ2) is 5.75. The van der Waals surface area contributed by atoms with E-state index >= 15 is 0 Å². The molecule has 0 heterocycles. The maximum Gasteiger partial charge on any atom is 0.115 e. The van der Waals surface area contributed by atoms with Crippen LogP contribution in [0.5, 0.6) is 5.75 Å². The summed E-state index contributed by atoms with van der Waals surface area (Å²) in [5, 5.41) is 13.0. The van der Waals surface area contributed by atoms with Crippen molar-refractivity contribution in [2.45, 2.75) is 52.1 Å². The molecule has 4 unspecified atom stereocenters. The van der Waals surface area contributed by atoms with Crippen molar-refractivity contribution in [3.8, 4) is 5.75 Å². The molecule has 100 valence electrons. The molecule has 2 nitrogen and oxygen atoms in total. The third kappa shape index (κ3) is 3.26. The van der Waals surface area contributed by atoms with E-state index in [1.54, 1.807) is 12.1 Å². The molecule has 2 heteroatoms. The van der Waals surface area contributed by atoms with E-state index in [1.165, 1.54) is 24.8 Å². The van der Waals surface area contributed by atoms with Crippen LogP contribution in [-0.4, -0.2) is 11.1 Å². The van der Waals surface area contributed by atoms with Gasteiger partial charge in [-0.3, -0.25) is 0 Å². The molecular formula is C16H25NO. The quantitative estimate of drug-likeness (QED) is 0.850. The minimum atomic E-state index is 0.339. The van der Waals surface area contributed by atoms with Crippen molar-refractivity contribution in [3.05, 3.63) is 29.8 Å². The third-order valence-electron chi connectivity index (χ3n) is 4.48. The van der Waals surface area contributed by atoms with Crippen molar-refractivity contribution < 1.29 is 5.11 Å². The van der Waals surface area contributed by atoms with Gasteiger partial charge in [0.05, 0.1) is 0 Å². The van der Waals surface area contributed by atoms with Gasteiger partial charge in [0.25, 0.3) is 0 Å². The monoisotopic (exact) mass is 247 g/mol. The van der Waals surface area contributed by atoms with Crippen molar-refractivity contribution in [1.82, 2.24) is 5.32 Å². The molecule has 1 aliphatic carbocycles. The largest absolute Gasteiger partial charge is 0.508 e. The molecule has 0 radical (unpaired) electrons. The number of benzene rings is 1. The van der Waals surface area contributed by atoms with Gasteiger partial charge in [0.2, 0.25) is 0 Å². The molecule has 2 N–H and O–H groups in total. The molecular weight excluding hydrogens is 222 g/mol. The van der Waals surface area contributed by atoms with Gasteiger partial charge in [0.15, 0.2) is 0 Å². The SMILES string of the molecule is CC(NC1CCC(C)C(C)C1)c1ccc(O)cc1. The summed E-state index contributed by atoms with van der Waals surface area (Å²) in [7, 11) is 0. The van der Waals surface area contributed by atoms with Crippen molar-refractivity contribution in [2.75, 3.05) is 0 Å². The highest BCUT2D eigenvalue weighted by molar-refractivity contribution is 5.27. The second-order valence-corrected chi connectivity index (χ2v) is 5.94. The van der Waals surface area contributed by atoms with Crippen LogP contribution in [0.4, 0.5) is 0 Å². The predicted octanol–water partition coefficient (Wildman–Crippen LogP) is 3.87. The number of phenols is 1. The molecule has 1 aliphatic rings. The van der Waals surface area contributed by atoms with E-state index in [0.29, 0.717) is 17.8 Å². The highest BCUT2D eigenvalue weighted by Gasteiger charge is 2.25. The fourth-order valence-corrected chi connectivity index (χ4v) is 2.91. The van der Waals surface area contributed by atoms with Crippen LogP contribution in [0.2, 0.25) is 0 Å². The van der Waals surface area contributed by atoms with Crippen molar-refractivity contribution in [2.24, 2.45) is 11.8 Å². The molecule has 1 aromatic rings. The van der Waals surface area contributed by atoms with Gasteiger partial charge in [-0.15, -0.1) is 0 Å². The summed E-state index contributed by atoms with van der Waals surface area (Å²) in [6.45, 7) is 6.93. The molecule has 0 bridgehead atoms. The van der Waals surface area contributed by atoms with Gasteiger partial charge in [0, 0.05) is 12.1 Å². The fraction of sp³-hybridized carbons (Fsp3) is 0.625. The number of rotatable bonds is 3. The molecule has 1 aromatic carbocycles. The van der Waals surface area contributed by atoms with Crippen molar-refractivity contribution in [1.29, 1.82) is 0 Å². The number of aromatic hydroxyl groups is 1. The zero-order valence-corrected chi connectivity index (χ0v) is 11.7. The summed E-state index contributed by atoms with van der Waals surface area (Å²) in [5.41, 5.74) is 1.25. The lowest BCUT2D eigenvalue weighted by Crippen LogP contribution is -2.37. The van der Waals surface area contributed by atoms with Crippen LogP contribution in [0.25, 0.3) is 0 Å². The van der Waals surface area contributed by atoms with Gasteiger partial charge in [-0.1, -0.05) is 26.0 Å². The maximum atomic E-state index is 9.30. The Morgan fingerprint density at radius 2 is 1.78 bits per heavy atom. The van der Waals surface area contributed by atoms with Crippen LogP contribution >= 0.6 is 0 Å². The number of phenolic OH excluding ortho intramolecular Hbond substituents is 1. The highest BCUT2D eigenvalue weighted by Crippen LogP contribution is 2.30. The first-order valence-corrected chi connectivity index (χ1v) is 7.11. The molecule has 2 rings (SSSR count). The van der Waals surface area contributed by atoms with Crippen LogP contribution in [0.15, 0.2) is 24.3 Å². The van der Waals surface area contributed by atoms with Crippen LogP contribution < -0.4 is 5.32 Å². The minimum Gasteiger partial charge on any atom is -0.508 e. The van der Waals surface area contributed by atoms with Gasteiger partial charge >= 0.3 is 0 Å². The normalized spacial score (nSPS) is 30.1. The van der Waals surface area contributed by atoms with Crippen LogP contribution in [-0.2, 0) is 0 Å². The van der Waals surface area contributed by atoms with Crippen LogP contribution in [0.3, 0.4) is 0 Å². The summed E-state index contributed by atoms with van der Waals surface area (Å²) >= 11 is 0. The summed E-state index contributed by atoms with van der Waals surface area (Å²) in [4.78, 5) is 0. The Morgan fingerprint density at radius 1 is 1.11 bits per heavy atom. The van der Waals surface area contributed by atoms with E-state index < -0.39 is 0 Å². The van der Waals surface area contributed by atoms with Crippen LogP contribution in [0.1, 0.15) is 51.6 Å². The number of hydrogen-bond acceptors (Lipinski definition) is 2. The lowest BCUT2D eigenvalue weighted by Gasteiger charge is -2.34. The van der Waals surface area contributed by atoms with Gasteiger partial charge in [-0.25, -0.2) is 0 Å². The lowest BCUT2D eigenvalue weighted by atomic mass is 9.79. The Kier molecular flexibility index (Phi) is 4.28. The zero-order chi connectivity index (χ0) is 13.1. The van der Waals surface area contributed by atoms with Gasteiger partial charge in [-0.2, -0.15) is 0 Å². The Hall–Kier alpha value is -1.02. The maximum absolute atomic E-state index is 9.30. The number of hydrogen-bond donors (Lipinski definition) is 2. The fourth-order valence-electron chi connectivity index (χ4n) is 2.91. The smallest absolute Gasteiger partial charge is 0.115 e. The van der Waals surface area contributed by atoms with Gasteiger partial charge in [0.1, 0.15) is 5.75 Å². The zero-order valence-electron chi connectivity index (χ0n) is 11.7. The summed E-state index contributed by atoms with van der Waals surface area (Å²) in [5.74, 6) is 2.03. The van der Waals surface area contributed by atoms with Crippen LogP contribution in [0, 0.1) is 11.8 Å². The molecule has 0 aliphatic heterocycles. The first-order chi connectivity index (χ1) is 8.56. The first kappa shape index (κ1) is 13.4. The molecule has 0 amide bonds. The Balaban J connectivity index is 1.91. The van der Waals surface area contributed by atoms with E-state index in [2.05, 4.69) is 26.1 Å². The van der Waals surface area contributed by atoms with Gasteiger partial charge < -0.3 is 10.4 Å². The van der Waals surface area contributed by atoms with Gasteiger partial charge in [-0.05, 0) is 55.7 Å². The molecule has 4 atom stereocenters. The average molecular weight is 247 g/mol. The van der Waals surface area contributed by atoms with E-state index in [-0.39, 0.29) is 0 Å². The summed E-state index contributed by atoms with van der Waals surface area (Å²) < 4.78 is 0. The standard InChI is InChI=1S/C16H25NO/c1-11-4-7-15(10-12(11)2)17-13(3)14-5-8-16(18)9-6-14/h5-6,8-9,11-13,15,17-18H,4,7,10H2,1-3H3. The molecule has 0 saturated heterocycles. The van der Waals surface area contributed by atoms with Crippen molar-refractivity contribution in [3.63, 3.8) is 0 Å². The Labute approximate surface area is 110 Å². The molecule has 1 saturated carbocycles. The topological polar surface area (TPSA) is 32.3 Å². The van der Waals surface area contributed by atoms with Crippen molar-refractivity contribution >= 4 is 0 Å². The summed E-state index contributed by atoms with van der Waals surface area (Å²) in [6.07, 6.45) is 3.90. The minimum absolute atomic E-state index is 0.339. The van der Waals surface area contributed by atoms with E-state index in [1.807, 2.05) is 12.1 Å². The van der Waals surface area contributed by atoms with E-state index in [0.717, 1.165) is 11.8 Å². The average Bonchev–Trinajstić information content (AvgIpc) is 2.34. The summed E-state index contributed by atoms with van der Waals surface area (Å²) in [6, 6.07) is 8.53. The van der Waals surface area contributed by atoms with E-state index in [4.69, 9.17) is 0 Å². The predicted molar refractivity (Wildman–Crippen MR) is 75.6 cm³/mol. The Bertz CT molecular complexity index is 373. The first-order valence-electron chi connectivity index (χ1n) is 7.11. The highest BCUT2D eigenvalue weighted by atomic mass is 16.3. The Morgan fingerprint density at radius 3 is 2.39 bits per heavy atom. The molecule has 1 fully saturated rings. The second-order valence-electron chi connectivity index (χ2n) is 5.94.